The normalized spacial score (nSPS) is 9.29. The third-order valence-electron chi connectivity index (χ3n) is 1.37. The number of hydrogen-bond donors (Lipinski definition) is 0. The lowest BCUT2D eigenvalue weighted by molar-refractivity contribution is -0.109. The van der Waals surface area contributed by atoms with Crippen LogP contribution in [-0.4, -0.2) is 10.9 Å². The standard InChI is InChI=1S/C10H9ClOS2/c1-8(12)13-6-3-2-4-9-5-7-14-10(9)11/h5,7H,3,6H2,1H3. The van der Waals surface area contributed by atoms with E-state index in [-0.39, 0.29) is 5.12 Å². The van der Waals surface area contributed by atoms with Crippen molar-refractivity contribution in [3.63, 3.8) is 0 Å². The molecule has 0 atom stereocenters. The van der Waals surface area contributed by atoms with Gasteiger partial charge in [-0.3, -0.25) is 4.79 Å². The fraction of sp³-hybridized carbons (Fsp3) is 0.300. The van der Waals surface area contributed by atoms with E-state index in [1.54, 1.807) is 6.92 Å². The van der Waals surface area contributed by atoms with Crippen LogP contribution in [0, 0.1) is 11.8 Å². The fourth-order valence-electron chi connectivity index (χ4n) is 0.785. The Morgan fingerprint density at radius 3 is 3.07 bits per heavy atom. The largest absolute Gasteiger partial charge is 0.288 e. The Kier molecular flexibility index (Phi) is 5.10. The van der Waals surface area contributed by atoms with Gasteiger partial charge in [-0.05, 0) is 11.4 Å². The van der Waals surface area contributed by atoms with Crippen molar-refractivity contribution < 1.29 is 4.79 Å². The molecule has 4 heteroatoms. The first-order valence-corrected chi connectivity index (χ1v) is 6.29. The van der Waals surface area contributed by atoms with Crippen LogP contribution in [0.3, 0.4) is 0 Å². The lowest BCUT2D eigenvalue weighted by Crippen LogP contribution is -1.83. The topological polar surface area (TPSA) is 17.1 Å². The zero-order valence-corrected chi connectivity index (χ0v) is 10.1. The smallest absolute Gasteiger partial charge is 0.185 e. The number of carbonyl (C=O) groups is 1. The van der Waals surface area contributed by atoms with Gasteiger partial charge < -0.3 is 0 Å². The monoisotopic (exact) mass is 244 g/mol. The molecule has 0 radical (unpaired) electrons. The van der Waals surface area contributed by atoms with Crippen LogP contribution >= 0.6 is 34.7 Å². The predicted octanol–water partition coefficient (Wildman–Crippen LogP) is 3.42. The van der Waals surface area contributed by atoms with E-state index in [0.29, 0.717) is 0 Å². The van der Waals surface area contributed by atoms with Crippen molar-refractivity contribution in [1.29, 1.82) is 0 Å². The van der Waals surface area contributed by atoms with E-state index in [1.807, 2.05) is 11.4 Å². The molecular formula is C10H9ClOS2. The van der Waals surface area contributed by atoms with Crippen molar-refractivity contribution in [3.8, 4) is 11.8 Å². The summed E-state index contributed by atoms with van der Waals surface area (Å²) in [5, 5.41) is 2.05. The van der Waals surface area contributed by atoms with Gasteiger partial charge in [0.2, 0.25) is 0 Å². The van der Waals surface area contributed by atoms with E-state index in [2.05, 4.69) is 11.8 Å². The molecule has 14 heavy (non-hydrogen) atoms. The van der Waals surface area contributed by atoms with Gasteiger partial charge in [-0.25, -0.2) is 0 Å². The summed E-state index contributed by atoms with van der Waals surface area (Å²) in [5.74, 6) is 6.71. The second-order valence-electron chi connectivity index (χ2n) is 2.50. The Morgan fingerprint density at radius 2 is 2.50 bits per heavy atom. The van der Waals surface area contributed by atoms with Gasteiger partial charge in [0, 0.05) is 19.1 Å². The van der Waals surface area contributed by atoms with Gasteiger partial charge in [-0.1, -0.05) is 35.2 Å². The minimum Gasteiger partial charge on any atom is -0.288 e. The molecule has 1 nitrogen and oxygen atoms in total. The van der Waals surface area contributed by atoms with E-state index in [4.69, 9.17) is 11.6 Å². The first-order valence-electron chi connectivity index (χ1n) is 4.05. The molecule has 0 fully saturated rings. The van der Waals surface area contributed by atoms with Crippen LogP contribution in [0.15, 0.2) is 11.4 Å². The summed E-state index contributed by atoms with van der Waals surface area (Å²) in [5.41, 5.74) is 0.879. The molecule has 1 aromatic heterocycles. The van der Waals surface area contributed by atoms with E-state index in [1.165, 1.54) is 23.1 Å². The average Bonchev–Trinajstić information content (AvgIpc) is 2.51. The Balaban J connectivity index is 2.34. The third kappa shape index (κ3) is 4.19. The van der Waals surface area contributed by atoms with Crippen LogP contribution in [0.5, 0.6) is 0 Å². The van der Waals surface area contributed by atoms with Crippen molar-refractivity contribution in [2.45, 2.75) is 13.3 Å². The molecule has 0 aliphatic heterocycles. The fourth-order valence-corrected chi connectivity index (χ4v) is 2.11. The predicted molar refractivity (Wildman–Crippen MR) is 64.0 cm³/mol. The maximum Gasteiger partial charge on any atom is 0.185 e. The van der Waals surface area contributed by atoms with Crippen LogP contribution in [-0.2, 0) is 4.79 Å². The SMILES string of the molecule is CC(=O)SCCC#Cc1ccsc1Cl. The zero-order chi connectivity index (χ0) is 10.4. The van der Waals surface area contributed by atoms with E-state index >= 15 is 0 Å². The number of thiophene rings is 1. The van der Waals surface area contributed by atoms with Gasteiger partial charge in [0.15, 0.2) is 5.12 Å². The maximum absolute atomic E-state index is 10.6. The number of halogens is 1. The van der Waals surface area contributed by atoms with Gasteiger partial charge in [-0.15, -0.1) is 11.3 Å². The molecule has 0 saturated carbocycles. The quantitative estimate of drug-likeness (QED) is 0.586. The Hall–Kier alpha value is -0.430. The van der Waals surface area contributed by atoms with Gasteiger partial charge >= 0.3 is 0 Å². The minimum absolute atomic E-state index is 0.139. The van der Waals surface area contributed by atoms with E-state index in [9.17, 15) is 4.79 Å². The minimum atomic E-state index is 0.139. The lowest BCUT2D eigenvalue weighted by Gasteiger charge is -1.88. The summed E-state index contributed by atoms with van der Waals surface area (Å²) in [6.07, 6.45) is 0.719. The lowest BCUT2D eigenvalue weighted by atomic mass is 10.3. The summed E-state index contributed by atoms with van der Waals surface area (Å²) < 4.78 is 0.733. The molecule has 0 bridgehead atoms. The molecule has 1 heterocycles. The van der Waals surface area contributed by atoms with Crippen LogP contribution in [0.2, 0.25) is 4.34 Å². The molecule has 0 N–H and O–H groups in total. The number of hydrogen-bond acceptors (Lipinski definition) is 3. The molecular weight excluding hydrogens is 236 g/mol. The summed E-state index contributed by atoms with van der Waals surface area (Å²) in [7, 11) is 0. The Labute approximate surface area is 96.8 Å². The maximum atomic E-state index is 10.6. The second-order valence-corrected chi connectivity index (χ2v) is 5.29. The summed E-state index contributed by atoms with van der Waals surface area (Å²) in [4.78, 5) is 10.6. The van der Waals surface area contributed by atoms with Gasteiger partial charge in [0.1, 0.15) is 4.34 Å². The first kappa shape index (κ1) is 11.6. The molecule has 0 amide bonds. The van der Waals surface area contributed by atoms with Crippen molar-refractivity contribution in [2.75, 3.05) is 5.75 Å². The highest BCUT2D eigenvalue weighted by molar-refractivity contribution is 8.13. The van der Waals surface area contributed by atoms with Gasteiger partial charge in [-0.2, -0.15) is 0 Å². The first-order chi connectivity index (χ1) is 6.70. The average molecular weight is 245 g/mol. The molecule has 0 saturated heterocycles. The molecule has 0 aliphatic carbocycles. The van der Waals surface area contributed by atoms with Crippen molar-refractivity contribution >= 4 is 39.8 Å². The van der Waals surface area contributed by atoms with Crippen LogP contribution in [0.1, 0.15) is 18.9 Å². The number of thioether (sulfide) groups is 1. The highest BCUT2D eigenvalue weighted by Gasteiger charge is 1.95. The third-order valence-corrected chi connectivity index (χ3v) is 3.36. The molecule has 1 rings (SSSR count). The summed E-state index contributed by atoms with van der Waals surface area (Å²) in [6.45, 7) is 1.56. The Bertz CT molecular complexity index is 373. The molecule has 0 spiro atoms. The van der Waals surface area contributed by atoms with Crippen LogP contribution in [0.25, 0.3) is 0 Å². The summed E-state index contributed by atoms with van der Waals surface area (Å²) in [6, 6.07) is 1.90. The Morgan fingerprint density at radius 1 is 1.71 bits per heavy atom. The highest BCUT2D eigenvalue weighted by atomic mass is 35.5. The molecule has 0 aromatic carbocycles. The van der Waals surface area contributed by atoms with Gasteiger partial charge in [0.05, 0.1) is 5.56 Å². The van der Waals surface area contributed by atoms with Crippen molar-refractivity contribution in [3.05, 3.63) is 21.3 Å². The second kappa shape index (κ2) is 6.13. The molecule has 0 aliphatic rings. The molecule has 1 aromatic rings. The van der Waals surface area contributed by atoms with Crippen molar-refractivity contribution in [1.82, 2.24) is 0 Å². The number of rotatable bonds is 2. The number of carbonyl (C=O) groups excluding carboxylic acids is 1. The molecule has 0 unspecified atom stereocenters. The zero-order valence-electron chi connectivity index (χ0n) is 7.67. The van der Waals surface area contributed by atoms with Crippen LogP contribution in [0.4, 0.5) is 0 Å². The van der Waals surface area contributed by atoms with E-state index in [0.717, 1.165) is 22.1 Å². The van der Waals surface area contributed by atoms with Gasteiger partial charge in [0.25, 0.3) is 0 Å². The van der Waals surface area contributed by atoms with E-state index < -0.39 is 0 Å². The highest BCUT2D eigenvalue weighted by Crippen LogP contribution is 2.21. The van der Waals surface area contributed by atoms with Crippen LogP contribution < -0.4 is 0 Å². The van der Waals surface area contributed by atoms with Crippen molar-refractivity contribution in [2.24, 2.45) is 0 Å². The summed E-state index contributed by atoms with van der Waals surface area (Å²) >= 11 is 8.64. The molecule has 74 valence electrons.